The highest BCUT2D eigenvalue weighted by Gasteiger charge is 2.10. The first kappa shape index (κ1) is 15.0. The largest absolute Gasteiger partial charge is 0.496 e. The van der Waals surface area contributed by atoms with Crippen molar-refractivity contribution in [2.75, 3.05) is 20.7 Å². The third kappa shape index (κ3) is 4.31. The molecular formula is C15H25NO2. The maximum atomic E-state index is 9.37. The van der Waals surface area contributed by atoms with Gasteiger partial charge in [-0.1, -0.05) is 26.0 Å². The second kappa shape index (κ2) is 6.76. The van der Waals surface area contributed by atoms with Crippen molar-refractivity contribution in [2.24, 2.45) is 0 Å². The normalized spacial score (nSPS) is 13.1. The Labute approximate surface area is 110 Å². The monoisotopic (exact) mass is 251 g/mol. The van der Waals surface area contributed by atoms with Gasteiger partial charge in [-0.3, -0.25) is 4.90 Å². The molecule has 0 aromatic heterocycles. The first-order valence-corrected chi connectivity index (χ1v) is 6.47. The Morgan fingerprint density at radius 2 is 1.94 bits per heavy atom. The van der Waals surface area contributed by atoms with Crippen LogP contribution in [0.5, 0.6) is 5.75 Å². The molecule has 3 nitrogen and oxygen atoms in total. The van der Waals surface area contributed by atoms with Gasteiger partial charge in [0.1, 0.15) is 5.75 Å². The summed E-state index contributed by atoms with van der Waals surface area (Å²) in [7, 11) is 3.71. The topological polar surface area (TPSA) is 32.7 Å². The molecule has 0 amide bonds. The number of likely N-dealkylation sites (N-methyl/N-ethyl adjacent to an activating group) is 1. The molecule has 0 fully saturated rings. The summed E-state index contributed by atoms with van der Waals surface area (Å²) in [5.74, 6) is 1.43. The van der Waals surface area contributed by atoms with E-state index in [0.29, 0.717) is 12.5 Å². The average Bonchev–Trinajstić information content (AvgIpc) is 2.27. The minimum Gasteiger partial charge on any atom is -0.496 e. The van der Waals surface area contributed by atoms with Crippen LogP contribution in [0.3, 0.4) is 0 Å². The molecule has 102 valence electrons. The first-order valence-electron chi connectivity index (χ1n) is 6.47. The Morgan fingerprint density at radius 3 is 2.44 bits per heavy atom. The van der Waals surface area contributed by atoms with Crippen molar-refractivity contribution in [1.82, 2.24) is 4.90 Å². The van der Waals surface area contributed by atoms with Gasteiger partial charge in [-0.2, -0.15) is 0 Å². The zero-order valence-electron chi connectivity index (χ0n) is 12.1. The third-order valence-electron chi connectivity index (χ3n) is 2.99. The van der Waals surface area contributed by atoms with Gasteiger partial charge in [0.05, 0.1) is 13.2 Å². The number of hydrogen-bond acceptors (Lipinski definition) is 3. The zero-order valence-corrected chi connectivity index (χ0v) is 12.1. The first-order chi connectivity index (χ1) is 8.43. The Kier molecular flexibility index (Phi) is 5.63. The van der Waals surface area contributed by atoms with Crippen LogP contribution in [0.1, 0.15) is 37.8 Å². The summed E-state index contributed by atoms with van der Waals surface area (Å²) in [6.07, 6.45) is -0.309. The lowest BCUT2D eigenvalue weighted by atomic mass is 10.0. The number of methoxy groups -OCH3 is 1. The molecule has 0 aliphatic heterocycles. The van der Waals surface area contributed by atoms with Crippen molar-refractivity contribution in [1.29, 1.82) is 0 Å². The molecule has 1 atom stereocenters. The molecule has 0 aliphatic rings. The molecule has 1 rings (SSSR count). The van der Waals surface area contributed by atoms with E-state index in [-0.39, 0.29) is 6.10 Å². The maximum Gasteiger partial charge on any atom is 0.123 e. The van der Waals surface area contributed by atoms with Crippen LogP contribution >= 0.6 is 0 Å². The predicted molar refractivity (Wildman–Crippen MR) is 75.1 cm³/mol. The van der Waals surface area contributed by atoms with Gasteiger partial charge in [0.25, 0.3) is 0 Å². The lowest BCUT2D eigenvalue weighted by Crippen LogP contribution is -2.26. The number of aliphatic hydroxyl groups is 1. The molecule has 0 unspecified atom stereocenters. The van der Waals surface area contributed by atoms with Gasteiger partial charge in [0, 0.05) is 18.7 Å². The van der Waals surface area contributed by atoms with Gasteiger partial charge in [0.2, 0.25) is 0 Å². The zero-order chi connectivity index (χ0) is 13.7. The molecule has 0 saturated carbocycles. The van der Waals surface area contributed by atoms with Gasteiger partial charge in [0.15, 0.2) is 0 Å². The summed E-state index contributed by atoms with van der Waals surface area (Å²) in [5.41, 5.74) is 2.44. The molecule has 3 heteroatoms. The molecule has 1 aromatic rings. The van der Waals surface area contributed by atoms with Crippen LogP contribution < -0.4 is 4.74 Å². The van der Waals surface area contributed by atoms with Crippen molar-refractivity contribution >= 4 is 0 Å². The van der Waals surface area contributed by atoms with E-state index >= 15 is 0 Å². The lowest BCUT2D eigenvalue weighted by molar-refractivity contribution is 0.138. The van der Waals surface area contributed by atoms with Crippen LogP contribution in [0.2, 0.25) is 0 Å². The number of ether oxygens (including phenoxy) is 1. The van der Waals surface area contributed by atoms with Crippen LogP contribution in [0.15, 0.2) is 18.2 Å². The standard InChI is InChI=1S/C15H25NO2/c1-11(2)13-6-7-14(15(8-13)18-5)10-16(4)9-12(3)17/h6-8,11-12,17H,9-10H2,1-5H3/t12-/m0/s1. The number of benzene rings is 1. The predicted octanol–water partition coefficient (Wildman–Crippen LogP) is 2.63. The Balaban J connectivity index is 2.82. The van der Waals surface area contributed by atoms with E-state index < -0.39 is 0 Å². The molecule has 0 spiro atoms. The highest BCUT2D eigenvalue weighted by molar-refractivity contribution is 5.38. The van der Waals surface area contributed by atoms with Crippen molar-refractivity contribution in [3.05, 3.63) is 29.3 Å². The minimum atomic E-state index is -0.309. The van der Waals surface area contributed by atoms with Crippen LogP contribution in [-0.4, -0.2) is 36.8 Å². The van der Waals surface area contributed by atoms with Crippen molar-refractivity contribution in [3.63, 3.8) is 0 Å². The summed E-state index contributed by atoms with van der Waals surface area (Å²) < 4.78 is 5.45. The molecule has 0 heterocycles. The fraction of sp³-hybridized carbons (Fsp3) is 0.600. The number of rotatable bonds is 6. The lowest BCUT2D eigenvalue weighted by Gasteiger charge is -2.20. The van der Waals surface area contributed by atoms with Crippen molar-refractivity contribution in [3.8, 4) is 5.75 Å². The summed E-state index contributed by atoms with van der Waals surface area (Å²) >= 11 is 0. The van der Waals surface area contributed by atoms with Crippen LogP contribution in [-0.2, 0) is 6.54 Å². The quantitative estimate of drug-likeness (QED) is 0.843. The second-order valence-corrected chi connectivity index (χ2v) is 5.27. The molecule has 18 heavy (non-hydrogen) atoms. The highest BCUT2D eigenvalue weighted by atomic mass is 16.5. The Morgan fingerprint density at radius 1 is 1.28 bits per heavy atom. The summed E-state index contributed by atoms with van der Waals surface area (Å²) in [5, 5.41) is 9.37. The van der Waals surface area contributed by atoms with Gasteiger partial charge >= 0.3 is 0 Å². The van der Waals surface area contributed by atoms with Crippen LogP contribution in [0.25, 0.3) is 0 Å². The van der Waals surface area contributed by atoms with Crippen molar-refractivity contribution in [2.45, 2.75) is 39.3 Å². The highest BCUT2D eigenvalue weighted by Crippen LogP contribution is 2.25. The molecule has 0 aliphatic carbocycles. The minimum absolute atomic E-state index is 0.309. The van der Waals surface area contributed by atoms with Gasteiger partial charge in [-0.25, -0.2) is 0 Å². The van der Waals surface area contributed by atoms with E-state index in [1.165, 1.54) is 5.56 Å². The Hall–Kier alpha value is -1.06. The molecule has 1 N–H and O–H groups in total. The van der Waals surface area contributed by atoms with E-state index in [4.69, 9.17) is 4.74 Å². The SMILES string of the molecule is COc1cc(C(C)C)ccc1CN(C)C[C@H](C)O. The summed E-state index contributed by atoms with van der Waals surface area (Å²) in [6.45, 7) is 7.60. The smallest absolute Gasteiger partial charge is 0.123 e. The van der Waals surface area contributed by atoms with Gasteiger partial charge in [-0.15, -0.1) is 0 Å². The Bertz CT molecular complexity index is 375. The summed E-state index contributed by atoms with van der Waals surface area (Å²) in [4.78, 5) is 2.09. The molecule has 0 radical (unpaired) electrons. The van der Waals surface area contributed by atoms with E-state index in [1.807, 2.05) is 7.05 Å². The second-order valence-electron chi connectivity index (χ2n) is 5.27. The van der Waals surface area contributed by atoms with E-state index in [1.54, 1.807) is 14.0 Å². The van der Waals surface area contributed by atoms with Crippen LogP contribution in [0, 0.1) is 0 Å². The van der Waals surface area contributed by atoms with E-state index in [0.717, 1.165) is 17.9 Å². The fourth-order valence-electron chi connectivity index (χ4n) is 2.06. The molecule has 0 saturated heterocycles. The molecular weight excluding hydrogens is 226 g/mol. The van der Waals surface area contributed by atoms with E-state index in [9.17, 15) is 5.11 Å². The van der Waals surface area contributed by atoms with E-state index in [2.05, 4.69) is 36.9 Å². The third-order valence-corrected chi connectivity index (χ3v) is 2.99. The maximum absolute atomic E-state index is 9.37. The fourth-order valence-corrected chi connectivity index (χ4v) is 2.06. The molecule has 0 bridgehead atoms. The number of aliphatic hydroxyl groups excluding tert-OH is 1. The summed E-state index contributed by atoms with van der Waals surface area (Å²) in [6, 6.07) is 6.38. The molecule has 1 aromatic carbocycles. The van der Waals surface area contributed by atoms with Gasteiger partial charge < -0.3 is 9.84 Å². The average molecular weight is 251 g/mol. The number of hydrogen-bond donors (Lipinski definition) is 1. The van der Waals surface area contributed by atoms with Gasteiger partial charge in [-0.05, 0) is 31.5 Å². The van der Waals surface area contributed by atoms with Crippen LogP contribution in [0.4, 0.5) is 0 Å². The number of nitrogens with zero attached hydrogens (tertiary/aromatic N) is 1. The van der Waals surface area contributed by atoms with Crippen molar-refractivity contribution < 1.29 is 9.84 Å².